The summed E-state index contributed by atoms with van der Waals surface area (Å²) in [6.45, 7) is 9.63. The van der Waals surface area contributed by atoms with Crippen molar-refractivity contribution in [3.05, 3.63) is 0 Å². The minimum absolute atomic E-state index is 0.00575. The molecule has 0 amide bonds. The monoisotopic (exact) mass is 230 g/mol. The van der Waals surface area contributed by atoms with E-state index in [2.05, 4.69) is 18.7 Å². The molecule has 1 saturated heterocycles. The van der Waals surface area contributed by atoms with Crippen molar-refractivity contribution in [2.75, 3.05) is 39.5 Å². The van der Waals surface area contributed by atoms with Gasteiger partial charge in [0.2, 0.25) is 0 Å². The molecule has 2 atom stereocenters. The molecular weight excluding hydrogens is 204 g/mol. The second-order valence-electron chi connectivity index (χ2n) is 4.45. The Morgan fingerprint density at radius 3 is 2.94 bits per heavy atom. The zero-order valence-corrected chi connectivity index (χ0v) is 10.7. The van der Waals surface area contributed by atoms with Crippen molar-refractivity contribution < 1.29 is 9.47 Å². The van der Waals surface area contributed by atoms with Crippen LogP contribution in [0.4, 0.5) is 0 Å². The van der Waals surface area contributed by atoms with E-state index < -0.39 is 0 Å². The topological polar surface area (TPSA) is 47.7 Å². The Morgan fingerprint density at radius 2 is 2.25 bits per heavy atom. The van der Waals surface area contributed by atoms with Gasteiger partial charge in [0.1, 0.15) is 0 Å². The highest BCUT2D eigenvalue weighted by molar-refractivity contribution is 4.80. The van der Waals surface area contributed by atoms with E-state index in [4.69, 9.17) is 15.2 Å². The Morgan fingerprint density at radius 1 is 1.44 bits per heavy atom. The summed E-state index contributed by atoms with van der Waals surface area (Å²) in [5, 5.41) is 0. The first-order chi connectivity index (χ1) is 7.77. The Hall–Kier alpha value is -0.160. The molecule has 4 heteroatoms. The van der Waals surface area contributed by atoms with Crippen molar-refractivity contribution in [3.8, 4) is 0 Å². The van der Waals surface area contributed by atoms with Crippen molar-refractivity contribution >= 4 is 0 Å². The second-order valence-corrected chi connectivity index (χ2v) is 4.45. The first kappa shape index (κ1) is 13.9. The molecule has 16 heavy (non-hydrogen) atoms. The molecule has 4 nitrogen and oxygen atoms in total. The number of hydrogen-bond acceptors (Lipinski definition) is 4. The van der Waals surface area contributed by atoms with E-state index in [1.807, 2.05) is 0 Å². The minimum Gasteiger partial charge on any atom is -0.380 e. The van der Waals surface area contributed by atoms with E-state index in [1.54, 1.807) is 0 Å². The van der Waals surface area contributed by atoms with Gasteiger partial charge in [-0.2, -0.15) is 0 Å². The van der Waals surface area contributed by atoms with Crippen LogP contribution in [0.25, 0.3) is 0 Å². The van der Waals surface area contributed by atoms with Gasteiger partial charge < -0.3 is 15.2 Å². The van der Waals surface area contributed by atoms with E-state index in [0.717, 1.165) is 39.3 Å². The van der Waals surface area contributed by atoms with Crippen LogP contribution < -0.4 is 5.73 Å². The molecule has 0 radical (unpaired) electrons. The summed E-state index contributed by atoms with van der Waals surface area (Å²) >= 11 is 0. The number of hydrogen-bond donors (Lipinski definition) is 1. The molecule has 1 rings (SSSR count). The predicted molar refractivity (Wildman–Crippen MR) is 65.6 cm³/mol. The zero-order valence-electron chi connectivity index (χ0n) is 10.7. The minimum atomic E-state index is 0.00575. The molecular formula is C12H26N2O2. The van der Waals surface area contributed by atoms with Crippen LogP contribution in [-0.4, -0.2) is 56.5 Å². The van der Waals surface area contributed by atoms with Crippen molar-refractivity contribution in [1.29, 1.82) is 0 Å². The lowest BCUT2D eigenvalue weighted by atomic mass is 10.1. The number of nitrogens with zero attached hydrogens (tertiary/aromatic N) is 1. The Bertz CT molecular complexity index is 176. The fourth-order valence-corrected chi connectivity index (χ4v) is 1.98. The van der Waals surface area contributed by atoms with Crippen LogP contribution in [0.15, 0.2) is 0 Å². The molecule has 0 spiro atoms. The van der Waals surface area contributed by atoms with Gasteiger partial charge >= 0.3 is 0 Å². The lowest BCUT2D eigenvalue weighted by Gasteiger charge is -2.35. The Labute approximate surface area is 99.1 Å². The van der Waals surface area contributed by atoms with Gasteiger partial charge in [-0.25, -0.2) is 0 Å². The molecule has 2 N–H and O–H groups in total. The Kier molecular flexibility index (Phi) is 6.96. The van der Waals surface area contributed by atoms with Gasteiger partial charge in [0.15, 0.2) is 0 Å². The van der Waals surface area contributed by atoms with Crippen molar-refractivity contribution in [3.63, 3.8) is 0 Å². The van der Waals surface area contributed by atoms with Crippen LogP contribution in [0.2, 0.25) is 0 Å². The summed E-state index contributed by atoms with van der Waals surface area (Å²) in [6.07, 6.45) is 2.37. The third-order valence-electron chi connectivity index (χ3n) is 2.85. The van der Waals surface area contributed by atoms with Crippen molar-refractivity contribution in [1.82, 2.24) is 4.90 Å². The summed E-state index contributed by atoms with van der Waals surface area (Å²) in [4.78, 5) is 2.42. The van der Waals surface area contributed by atoms with Gasteiger partial charge in [0, 0.05) is 19.7 Å². The first-order valence-electron chi connectivity index (χ1n) is 6.45. The highest BCUT2D eigenvalue weighted by Crippen LogP contribution is 2.08. The van der Waals surface area contributed by atoms with Gasteiger partial charge in [0.25, 0.3) is 0 Å². The smallest absolute Gasteiger partial charge is 0.0875 e. The van der Waals surface area contributed by atoms with Crippen LogP contribution in [0.5, 0.6) is 0 Å². The maximum atomic E-state index is 6.07. The quantitative estimate of drug-likeness (QED) is 0.659. The molecule has 0 aromatic heterocycles. The summed E-state index contributed by atoms with van der Waals surface area (Å²) in [5.74, 6) is 0. The fourth-order valence-electron chi connectivity index (χ4n) is 1.98. The molecule has 0 bridgehead atoms. The lowest BCUT2D eigenvalue weighted by molar-refractivity contribution is -0.0539. The molecule has 1 aliphatic heterocycles. The molecule has 1 aliphatic rings. The van der Waals surface area contributed by atoms with Gasteiger partial charge in [0.05, 0.1) is 25.4 Å². The summed E-state index contributed by atoms with van der Waals surface area (Å²) in [5.41, 5.74) is 6.07. The molecule has 1 heterocycles. The normalized spacial score (nSPS) is 24.6. The standard InChI is InChI=1S/C12H26N2O2/c1-3-5-14-6-8-16-12(9-14)11(13)10-15-7-4-2/h11-12H,3-10,13H2,1-2H3. The van der Waals surface area contributed by atoms with Crippen molar-refractivity contribution in [2.45, 2.75) is 38.8 Å². The SMILES string of the molecule is CCCOCC(N)C1CN(CCC)CCO1. The van der Waals surface area contributed by atoms with E-state index in [9.17, 15) is 0 Å². The lowest BCUT2D eigenvalue weighted by Crippen LogP contribution is -2.52. The average Bonchev–Trinajstić information content (AvgIpc) is 2.30. The Balaban J connectivity index is 2.23. The molecule has 0 saturated carbocycles. The van der Waals surface area contributed by atoms with Crippen LogP contribution in [-0.2, 0) is 9.47 Å². The predicted octanol–water partition coefficient (Wildman–Crippen LogP) is 0.851. The van der Waals surface area contributed by atoms with E-state index in [-0.39, 0.29) is 12.1 Å². The van der Waals surface area contributed by atoms with Crippen LogP contribution >= 0.6 is 0 Å². The molecule has 96 valence electrons. The van der Waals surface area contributed by atoms with Gasteiger partial charge in [-0.15, -0.1) is 0 Å². The van der Waals surface area contributed by atoms with E-state index in [0.29, 0.717) is 6.61 Å². The molecule has 2 unspecified atom stereocenters. The number of ether oxygens (including phenoxy) is 2. The molecule has 0 aliphatic carbocycles. The van der Waals surface area contributed by atoms with Crippen LogP contribution in [0.3, 0.4) is 0 Å². The van der Waals surface area contributed by atoms with Gasteiger partial charge in [-0.05, 0) is 19.4 Å². The van der Waals surface area contributed by atoms with Crippen LogP contribution in [0.1, 0.15) is 26.7 Å². The van der Waals surface area contributed by atoms with Crippen molar-refractivity contribution in [2.24, 2.45) is 5.73 Å². The number of rotatable bonds is 7. The average molecular weight is 230 g/mol. The highest BCUT2D eigenvalue weighted by atomic mass is 16.5. The number of morpholine rings is 1. The zero-order chi connectivity index (χ0) is 11.8. The third-order valence-corrected chi connectivity index (χ3v) is 2.85. The first-order valence-corrected chi connectivity index (χ1v) is 6.45. The maximum Gasteiger partial charge on any atom is 0.0875 e. The largest absolute Gasteiger partial charge is 0.380 e. The summed E-state index contributed by atoms with van der Waals surface area (Å²) in [7, 11) is 0. The molecule has 0 aromatic carbocycles. The van der Waals surface area contributed by atoms with Gasteiger partial charge in [-0.1, -0.05) is 13.8 Å². The second kappa shape index (κ2) is 8.01. The molecule has 0 aromatic rings. The summed E-state index contributed by atoms with van der Waals surface area (Å²) < 4.78 is 11.2. The van der Waals surface area contributed by atoms with Gasteiger partial charge in [-0.3, -0.25) is 4.90 Å². The summed E-state index contributed by atoms with van der Waals surface area (Å²) in [6, 6.07) is 0.00575. The molecule has 1 fully saturated rings. The number of nitrogens with two attached hydrogens (primary N) is 1. The maximum absolute atomic E-state index is 6.07. The highest BCUT2D eigenvalue weighted by Gasteiger charge is 2.25. The van der Waals surface area contributed by atoms with Crippen LogP contribution in [0, 0.1) is 0 Å². The van der Waals surface area contributed by atoms with E-state index >= 15 is 0 Å². The van der Waals surface area contributed by atoms with E-state index in [1.165, 1.54) is 6.42 Å². The fraction of sp³-hybridized carbons (Fsp3) is 1.00. The third kappa shape index (κ3) is 4.78.